The van der Waals surface area contributed by atoms with Gasteiger partial charge in [-0.3, -0.25) is 4.79 Å². The molecule has 0 saturated heterocycles. The van der Waals surface area contributed by atoms with Crippen molar-refractivity contribution in [1.29, 1.82) is 5.26 Å². The number of methoxy groups -OCH3 is 1. The molecule has 2 rings (SSSR count). The third kappa shape index (κ3) is 5.76. The lowest BCUT2D eigenvalue weighted by Gasteiger charge is -2.21. The number of rotatable bonds is 9. The Balaban J connectivity index is 2.17. The van der Waals surface area contributed by atoms with Gasteiger partial charge in [-0.05, 0) is 68.8 Å². The molecular weight excluding hydrogens is 366 g/mol. The number of hydrogen-bond acceptors (Lipinski definition) is 5. The monoisotopic (exact) mass is 393 g/mol. The van der Waals surface area contributed by atoms with Crippen LogP contribution in [0.5, 0.6) is 11.5 Å². The summed E-state index contributed by atoms with van der Waals surface area (Å²) < 4.78 is 10.8. The van der Waals surface area contributed by atoms with E-state index in [-0.39, 0.29) is 5.57 Å². The predicted molar refractivity (Wildman–Crippen MR) is 116 cm³/mol. The van der Waals surface area contributed by atoms with Gasteiger partial charge in [-0.15, -0.1) is 0 Å². The number of amides is 1. The summed E-state index contributed by atoms with van der Waals surface area (Å²) in [7, 11) is 1.55. The average molecular weight is 393 g/mol. The lowest BCUT2D eigenvalue weighted by atomic mass is 10.1. The van der Waals surface area contributed by atoms with Crippen molar-refractivity contribution in [2.24, 2.45) is 0 Å². The molecule has 0 fully saturated rings. The van der Waals surface area contributed by atoms with Gasteiger partial charge in [0.25, 0.3) is 5.91 Å². The van der Waals surface area contributed by atoms with Crippen molar-refractivity contribution >= 4 is 23.4 Å². The average Bonchev–Trinajstić information content (AvgIpc) is 2.75. The molecule has 0 unspecified atom stereocenters. The van der Waals surface area contributed by atoms with E-state index in [1.165, 1.54) is 6.08 Å². The van der Waals surface area contributed by atoms with Gasteiger partial charge in [-0.25, -0.2) is 0 Å². The molecule has 152 valence electrons. The van der Waals surface area contributed by atoms with E-state index in [1.807, 2.05) is 37.3 Å². The first-order valence-electron chi connectivity index (χ1n) is 9.65. The van der Waals surface area contributed by atoms with Crippen molar-refractivity contribution in [2.75, 3.05) is 37.0 Å². The van der Waals surface area contributed by atoms with E-state index in [2.05, 4.69) is 24.1 Å². The molecule has 1 amide bonds. The Bertz CT molecular complexity index is 895. The maximum Gasteiger partial charge on any atom is 0.266 e. The van der Waals surface area contributed by atoms with Crippen LogP contribution in [0, 0.1) is 11.3 Å². The van der Waals surface area contributed by atoms with Gasteiger partial charge in [0.05, 0.1) is 13.7 Å². The maximum absolute atomic E-state index is 12.5. The maximum atomic E-state index is 12.5. The Labute approximate surface area is 172 Å². The molecule has 0 radical (unpaired) electrons. The van der Waals surface area contributed by atoms with Crippen molar-refractivity contribution in [3.63, 3.8) is 0 Å². The minimum atomic E-state index is -0.462. The summed E-state index contributed by atoms with van der Waals surface area (Å²) in [5.41, 5.74) is 2.40. The normalized spacial score (nSPS) is 10.8. The van der Waals surface area contributed by atoms with Crippen LogP contribution in [0.25, 0.3) is 6.08 Å². The number of nitrogens with zero attached hydrogens (tertiary/aromatic N) is 2. The summed E-state index contributed by atoms with van der Waals surface area (Å²) in [6.07, 6.45) is 1.53. The molecule has 0 atom stereocenters. The number of hydrogen-bond donors (Lipinski definition) is 1. The zero-order valence-electron chi connectivity index (χ0n) is 17.4. The highest BCUT2D eigenvalue weighted by Crippen LogP contribution is 2.29. The molecule has 2 aromatic carbocycles. The standard InChI is InChI=1S/C23H27N3O3/c1-5-26(6-2)20-11-9-19(10-12-20)25-23(27)18(16-24)14-17-8-13-21(29-7-3)22(15-17)28-4/h8-15H,5-7H2,1-4H3,(H,25,27)/b18-14+. The van der Waals surface area contributed by atoms with Crippen molar-refractivity contribution in [2.45, 2.75) is 20.8 Å². The molecule has 0 aromatic heterocycles. The second kappa shape index (κ2) is 10.8. The van der Waals surface area contributed by atoms with Gasteiger partial charge >= 0.3 is 0 Å². The largest absolute Gasteiger partial charge is 0.493 e. The highest BCUT2D eigenvalue weighted by atomic mass is 16.5. The number of carbonyl (C=O) groups excluding carboxylic acids is 1. The van der Waals surface area contributed by atoms with E-state index in [0.29, 0.717) is 29.4 Å². The summed E-state index contributed by atoms with van der Waals surface area (Å²) in [5.74, 6) is 0.699. The van der Waals surface area contributed by atoms with Crippen LogP contribution in [0.15, 0.2) is 48.0 Å². The summed E-state index contributed by atoms with van der Waals surface area (Å²) >= 11 is 0. The minimum absolute atomic E-state index is 0.00373. The summed E-state index contributed by atoms with van der Waals surface area (Å²) in [6, 6.07) is 14.8. The zero-order valence-corrected chi connectivity index (χ0v) is 17.4. The van der Waals surface area contributed by atoms with Crippen LogP contribution in [0.2, 0.25) is 0 Å². The first-order valence-corrected chi connectivity index (χ1v) is 9.65. The number of carbonyl (C=O) groups is 1. The zero-order chi connectivity index (χ0) is 21.2. The molecule has 1 N–H and O–H groups in total. The number of nitriles is 1. The summed E-state index contributed by atoms with van der Waals surface area (Å²) in [6.45, 7) is 8.42. The van der Waals surface area contributed by atoms with Crippen molar-refractivity contribution in [1.82, 2.24) is 0 Å². The van der Waals surface area contributed by atoms with Gasteiger partial charge in [0.2, 0.25) is 0 Å². The van der Waals surface area contributed by atoms with Gasteiger partial charge in [-0.2, -0.15) is 5.26 Å². The van der Waals surface area contributed by atoms with Crippen molar-refractivity contribution < 1.29 is 14.3 Å². The Hall–Kier alpha value is -3.46. The first-order chi connectivity index (χ1) is 14.1. The van der Waals surface area contributed by atoms with E-state index in [9.17, 15) is 10.1 Å². The van der Waals surface area contributed by atoms with Crippen LogP contribution < -0.4 is 19.7 Å². The van der Waals surface area contributed by atoms with Crippen LogP contribution in [-0.4, -0.2) is 32.7 Å². The number of ether oxygens (including phenoxy) is 2. The van der Waals surface area contributed by atoms with Gasteiger partial charge < -0.3 is 19.7 Å². The molecule has 0 aliphatic carbocycles. The molecule has 6 nitrogen and oxygen atoms in total. The van der Waals surface area contributed by atoms with E-state index in [4.69, 9.17) is 9.47 Å². The predicted octanol–water partition coefficient (Wildman–Crippen LogP) is 4.49. The molecule has 0 bridgehead atoms. The fraction of sp³-hybridized carbons (Fsp3) is 0.304. The van der Waals surface area contributed by atoms with Crippen LogP contribution in [0.4, 0.5) is 11.4 Å². The highest BCUT2D eigenvalue weighted by Gasteiger charge is 2.11. The number of benzene rings is 2. The molecule has 0 saturated carbocycles. The second-order valence-corrected chi connectivity index (χ2v) is 6.19. The molecule has 0 heterocycles. The van der Waals surface area contributed by atoms with Gasteiger partial charge in [0.15, 0.2) is 11.5 Å². The number of anilines is 2. The SMILES string of the molecule is CCOc1ccc(/C=C(\C#N)C(=O)Nc2ccc(N(CC)CC)cc2)cc1OC. The molecule has 6 heteroatoms. The van der Waals surface area contributed by atoms with Crippen LogP contribution in [-0.2, 0) is 4.79 Å². The molecule has 2 aromatic rings. The Morgan fingerprint density at radius 2 is 1.79 bits per heavy atom. The van der Waals surface area contributed by atoms with E-state index >= 15 is 0 Å². The third-order valence-electron chi connectivity index (χ3n) is 4.42. The van der Waals surface area contributed by atoms with Crippen LogP contribution in [0.1, 0.15) is 26.3 Å². The smallest absolute Gasteiger partial charge is 0.266 e. The Morgan fingerprint density at radius 1 is 1.10 bits per heavy atom. The number of nitrogens with one attached hydrogen (secondary N) is 1. The summed E-state index contributed by atoms with van der Waals surface area (Å²) in [4.78, 5) is 14.7. The molecule has 0 aliphatic heterocycles. The van der Waals surface area contributed by atoms with Gasteiger partial charge in [-0.1, -0.05) is 6.07 Å². The fourth-order valence-electron chi connectivity index (χ4n) is 2.91. The van der Waals surface area contributed by atoms with Crippen LogP contribution >= 0.6 is 0 Å². The molecular formula is C23H27N3O3. The lowest BCUT2D eigenvalue weighted by Crippen LogP contribution is -2.21. The molecule has 29 heavy (non-hydrogen) atoms. The van der Waals surface area contributed by atoms with Gasteiger partial charge in [0.1, 0.15) is 11.6 Å². The third-order valence-corrected chi connectivity index (χ3v) is 4.42. The summed E-state index contributed by atoms with van der Waals surface area (Å²) in [5, 5.41) is 12.2. The van der Waals surface area contributed by atoms with Crippen LogP contribution in [0.3, 0.4) is 0 Å². The van der Waals surface area contributed by atoms with E-state index in [1.54, 1.807) is 25.3 Å². The first kappa shape index (κ1) is 21.8. The van der Waals surface area contributed by atoms with Gasteiger partial charge in [0, 0.05) is 24.5 Å². The minimum Gasteiger partial charge on any atom is -0.493 e. The molecule has 0 aliphatic rings. The van der Waals surface area contributed by atoms with E-state index < -0.39 is 5.91 Å². The van der Waals surface area contributed by atoms with Crippen molar-refractivity contribution in [3.05, 3.63) is 53.6 Å². The van der Waals surface area contributed by atoms with E-state index in [0.717, 1.165) is 18.8 Å². The highest BCUT2D eigenvalue weighted by molar-refractivity contribution is 6.09. The Morgan fingerprint density at radius 3 is 2.34 bits per heavy atom. The topological polar surface area (TPSA) is 74.6 Å². The Kier molecular flexibility index (Phi) is 8.11. The quantitative estimate of drug-likeness (QED) is 0.502. The second-order valence-electron chi connectivity index (χ2n) is 6.19. The fourth-order valence-corrected chi connectivity index (χ4v) is 2.91. The molecule has 0 spiro atoms. The van der Waals surface area contributed by atoms with Crippen molar-refractivity contribution in [3.8, 4) is 17.6 Å². The lowest BCUT2D eigenvalue weighted by molar-refractivity contribution is -0.112.